The van der Waals surface area contributed by atoms with Crippen molar-refractivity contribution in [3.05, 3.63) is 47.2 Å². The van der Waals surface area contributed by atoms with Crippen LogP contribution in [0.5, 0.6) is 0 Å². The van der Waals surface area contributed by atoms with Crippen molar-refractivity contribution in [1.29, 1.82) is 0 Å². The van der Waals surface area contributed by atoms with Gasteiger partial charge in [-0.05, 0) is 17.4 Å². The number of aliphatic imine (C=N–C) groups is 1. The van der Waals surface area contributed by atoms with E-state index in [4.69, 9.17) is 0 Å². The number of aliphatic hydroxyl groups is 1. The molecule has 3 rings (SSSR count). The van der Waals surface area contributed by atoms with E-state index in [-0.39, 0.29) is 17.0 Å². The first-order valence-electron chi connectivity index (χ1n) is 10.4. The Morgan fingerprint density at radius 3 is 2.32 bits per heavy atom. The summed E-state index contributed by atoms with van der Waals surface area (Å²) >= 11 is 0. The minimum atomic E-state index is -0.154. The zero-order valence-corrected chi connectivity index (χ0v) is 17.2. The van der Waals surface area contributed by atoms with E-state index < -0.39 is 0 Å². The van der Waals surface area contributed by atoms with Gasteiger partial charge in [-0.15, -0.1) is 0 Å². The molecule has 5 heteroatoms. The van der Waals surface area contributed by atoms with Gasteiger partial charge in [0.1, 0.15) is 5.76 Å². The van der Waals surface area contributed by atoms with Crippen molar-refractivity contribution < 1.29 is 9.90 Å². The van der Waals surface area contributed by atoms with Crippen LogP contribution in [0.25, 0.3) is 0 Å². The molecule has 28 heavy (non-hydrogen) atoms. The molecule has 1 aliphatic heterocycles. The van der Waals surface area contributed by atoms with E-state index >= 15 is 0 Å². The van der Waals surface area contributed by atoms with Gasteiger partial charge >= 0.3 is 0 Å². The number of rotatable bonds is 7. The molecule has 0 saturated carbocycles. The van der Waals surface area contributed by atoms with Gasteiger partial charge in [-0.1, -0.05) is 44.2 Å². The van der Waals surface area contributed by atoms with Crippen molar-refractivity contribution in [3.8, 4) is 0 Å². The average Bonchev–Trinajstić information content (AvgIpc) is 2.66. The number of hydrogen-bond acceptors (Lipinski definition) is 5. The summed E-state index contributed by atoms with van der Waals surface area (Å²) in [6, 6.07) is 10.7. The lowest BCUT2D eigenvalue weighted by Gasteiger charge is -2.34. The highest BCUT2D eigenvalue weighted by Crippen LogP contribution is 2.35. The molecular weight excluding hydrogens is 350 g/mol. The summed E-state index contributed by atoms with van der Waals surface area (Å²) in [6.45, 7) is 11.0. The van der Waals surface area contributed by atoms with Crippen LogP contribution in [-0.2, 0) is 11.2 Å². The number of benzene rings is 1. The van der Waals surface area contributed by atoms with Crippen LogP contribution in [0.3, 0.4) is 0 Å². The van der Waals surface area contributed by atoms with Gasteiger partial charge in [0.25, 0.3) is 0 Å². The summed E-state index contributed by atoms with van der Waals surface area (Å²) in [4.78, 5) is 21.6. The Balaban J connectivity index is 1.36. The first kappa shape index (κ1) is 20.7. The lowest BCUT2D eigenvalue weighted by atomic mass is 9.77. The summed E-state index contributed by atoms with van der Waals surface area (Å²) in [6.07, 6.45) is 3.71. The third-order valence-electron chi connectivity index (χ3n) is 5.69. The molecule has 1 N–H and O–H groups in total. The van der Waals surface area contributed by atoms with Crippen LogP contribution < -0.4 is 0 Å². The third kappa shape index (κ3) is 6.01. The van der Waals surface area contributed by atoms with Crippen LogP contribution in [0.4, 0.5) is 0 Å². The minimum absolute atomic E-state index is 0.00419. The lowest BCUT2D eigenvalue weighted by Crippen LogP contribution is -2.47. The first-order chi connectivity index (χ1) is 13.4. The molecule has 1 heterocycles. The first-order valence-corrected chi connectivity index (χ1v) is 10.4. The Morgan fingerprint density at radius 1 is 1.04 bits per heavy atom. The van der Waals surface area contributed by atoms with Crippen LogP contribution in [0.15, 0.2) is 46.7 Å². The maximum atomic E-state index is 12.2. The van der Waals surface area contributed by atoms with Gasteiger partial charge in [0.05, 0.1) is 12.1 Å². The maximum absolute atomic E-state index is 12.2. The van der Waals surface area contributed by atoms with Crippen LogP contribution in [0, 0.1) is 5.41 Å². The molecule has 152 valence electrons. The normalized spacial score (nSPS) is 21.6. The molecule has 1 saturated heterocycles. The largest absolute Gasteiger partial charge is 0.511 e. The van der Waals surface area contributed by atoms with E-state index in [2.05, 4.69) is 45.1 Å². The molecule has 1 aromatic rings. The molecule has 1 aliphatic carbocycles. The molecule has 0 unspecified atom stereocenters. The van der Waals surface area contributed by atoms with Crippen molar-refractivity contribution in [2.45, 2.75) is 33.1 Å². The summed E-state index contributed by atoms with van der Waals surface area (Å²) < 4.78 is 0. The van der Waals surface area contributed by atoms with E-state index in [1.807, 2.05) is 13.8 Å². The number of carbonyl (C=O) groups is 1. The zero-order valence-electron chi connectivity index (χ0n) is 17.2. The zero-order chi connectivity index (χ0) is 20.0. The quantitative estimate of drug-likeness (QED) is 0.735. The van der Waals surface area contributed by atoms with Gasteiger partial charge in [-0.25, -0.2) is 0 Å². The minimum Gasteiger partial charge on any atom is -0.511 e. The number of hydrogen-bond donors (Lipinski definition) is 1. The van der Waals surface area contributed by atoms with Crippen LogP contribution in [0.1, 0.15) is 32.3 Å². The molecule has 0 radical (unpaired) electrons. The summed E-state index contributed by atoms with van der Waals surface area (Å²) in [7, 11) is 0. The Labute approximate surface area is 168 Å². The second-order valence-electron chi connectivity index (χ2n) is 8.76. The smallest absolute Gasteiger partial charge is 0.168 e. The van der Waals surface area contributed by atoms with E-state index in [9.17, 15) is 9.90 Å². The van der Waals surface area contributed by atoms with Gasteiger partial charge in [-0.3, -0.25) is 14.7 Å². The van der Waals surface area contributed by atoms with Gasteiger partial charge < -0.3 is 10.0 Å². The fourth-order valence-electron chi connectivity index (χ4n) is 3.97. The molecule has 0 bridgehead atoms. The average molecular weight is 384 g/mol. The molecular formula is C23H33N3O2. The summed E-state index contributed by atoms with van der Waals surface area (Å²) in [5.74, 6) is 0.196. The predicted molar refractivity (Wildman–Crippen MR) is 114 cm³/mol. The van der Waals surface area contributed by atoms with Crippen molar-refractivity contribution in [2.75, 3.05) is 45.8 Å². The second kappa shape index (κ2) is 9.48. The van der Waals surface area contributed by atoms with Gasteiger partial charge in [0, 0.05) is 58.3 Å². The predicted octanol–water partition coefficient (Wildman–Crippen LogP) is 3.12. The van der Waals surface area contributed by atoms with E-state index in [1.165, 1.54) is 5.56 Å². The molecule has 0 amide bonds. The van der Waals surface area contributed by atoms with Crippen molar-refractivity contribution in [3.63, 3.8) is 0 Å². The monoisotopic (exact) mass is 383 g/mol. The number of carbonyl (C=O) groups excluding carboxylic acids is 1. The second-order valence-corrected chi connectivity index (χ2v) is 8.76. The van der Waals surface area contributed by atoms with E-state index in [1.54, 1.807) is 6.21 Å². The lowest BCUT2D eigenvalue weighted by molar-refractivity contribution is -0.117. The fraction of sp³-hybridized carbons (Fsp3) is 0.565. The molecule has 2 aliphatic rings. The summed E-state index contributed by atoms with van der Waals surface area (Å²) in [5.41, 5.74) is 1.65. The van der Waals surface area contributed by atoms with Crippen LogP contribution in [0.2, 0.25) is 0 Å². The highest BCUT2D eigenvalue weighted by Gasteiger charge is 2.32. The highest BCUT2D eigenvalue weighted by atomic mass is 16.3. The topological polar surface area (TPSA) is 56.1 Å². The number of allylic oxidation sites excluding steroid dienone is 2. The summed E-state index contributed by atoms with van der Waals surface area (Å²) in [5, 5.41) is 10.1. The molecule has 0 atom stereocenters. The number of aliphatic hydroxyl groups excluding tert-OH is 1. The van der Waals surface area contributed by atoms with Crippen molar-refractivity contribution >= 4 is 12.0 Å². The Kier molecular flexibility index (Phi) is 7.03. The SMILES string of the molecule is CC1(C)CC(=O)C(C=NCCN2CCN(CCc3ccccc3)CC2)=C(O)C1. The number of Topliss-reactive ketones (excluding diaryl/α,β-unsaturated/α-hetero) is 1. The Morgan fingerprint density at radius 2 is 1.68 bits per heavy atom. The van der Waals surface area contributed by atoms with Crippen molar-refractivity contribution in [2.24, 2.45) is 10.4 Å². The fourth-order valence-corrected chi connectivity index (χ4v) is 3.97. The van der Waals surface area contributed by atoms with E-state index in [0.717, 1.165) is 45.7 Å². The van der Waals surface area contributed by atoms with Gasteiger partial charge in [0.15, 0.2) is 5.78 Å². The molecule has 1 fully saturated rings. The van der Waals surface area contributed by atoms with Gasteiger partial charge in [0.2, 0.25) is 0 Å². The Bertz CT molecular complexity index is 717. The Hall–Kier alpha value is -1.98. The number of piperazine rings is 1. The molecule has 5 nitrogen and oxygen atoms in total. The molecule has 0 aromatic heterocycles. The third-order valence-corrected chi connectivity index (χ3v) is 5.69. The number of ketones is 1. The molecule has 0 spiro atoms. The highest BCUT2D eigenvalue weighted by molar-refractivity contribution is 6.14. The standard InChI is InChI=1S/C23H33N3O2/c1-23(2)16-21(27)20(22(28)17-23)18-24-9-11-26-14-12-25(13-15-26)10-8-19-6-4-3-5-7-19/h3-7,18,27H,8-17H2,1-2H3. The van der Waals surface area contributed by atoms with Crippen molar-refractivity contribution in [1.82, 2.24) is 9.80 Å². The van der Waals surface area contributed by atoms with Crippen LogP contribution in [-0.4, -0.2) is 72.7 Å². The maximum Gasteiger partial charge on any atom is 0.168 e. The van der Waals surface area contributed by atoms with E-state index in [0.29, 0.717) is 25.0 Å². The molecule has 1 aromatic carbocycles. The number of nitrogens with zero attached hydrogens (tertiary/aromatic N) is 3. The van der Waals surface area contributed by atoms with Crippen LogP contribution >= 0.6 is 0 Å². The van der Waals surface area contributed by atoms with Gasteiger partial charge in [-0.2, -0.15) is 0 Å².